The van der Waals surface area contributed by atoms with Crippen LogP contribution in [0.4, 0.5) is 5.13 Å². The van der Waals surface area contributed by atoms with Crippen LogP contribution in [0.1, 0.15) is 18.9 Å². The Kier molecular flexibility index (Phi) is 3.08. The molecule has 5 nitrogen and oxygen atoms in total. The fraction of sp³-hybridized carbons (Fsp3) is 0.231. The predicted molar refractivity (Wildman–Crippen MR) is 76.8 cm³/mol. The van der Waals surface area contributed by atoms with Gasteiger partial charge >= 0.3 is 0 Å². The molecule has 19 heavy (non-hydrogen) atoms. The molecule has 3 rings (SSSR count). The van der Waals surface area contributed by atoms with Crippen LogP contribution in [0, 0.1) is 0 Å². The summed E-state index contributed by atoms with van der Waals surface area (Å²) in [7, 11) is 0. The highest BCUT2D eigenvalue weighted by molar-refractivity contribution is 7.18. The number of rotatable bonds is 3. The molecule has 0 atom stereocenters. The zero-order valence-electron chi connectivity index (χ0n) is 10.5. The van der Waals surface area contributed by atoms with Crippen molar-refractivity contribution in [1.29, 1.82) is 0 Å². The molecule has 0 aliphatic rings. The predicted octanol–water partition coefficient (Wildman–Crippen LogP) is 2.68. The van der Waals surface area contributed by atoms with Crippen LogP contribution in [-0.4, -0.2) is 20.2 Å². The fourth-order valence-electron chi connectivity index (χ4n) is 2.01. The van der Waals surface area contributed by atoms with E-state index in [2.05, 4.69) is 27.1 Å². The van der Waals surface area contributed by atoms with Crippen LogP contribution in [-0.2, 0) is 6.42 Å². The Labute approximate surface area is 114 Å². The third-order valence-corrected chi connectivity index (χ3v) is 3.63. The number of aryl methyl sites for hydroxylation is 1. The lowest BCUT2D eigenvalue weighted by Crippen LogP contribution is -1.92. The number of fused-ring (bicyclic) bond motifs is 1. The number of pyridine rings is 2. The van der Waals surface area contributed by atoms with Crippen LogP contribution >= 0.6 is 11.3 Å². The summed E-state index contributed by atoms with van der Waals surface area (Å²) in [5.41, 5.74) is 8.58. The molecular formula is C13H13N5S. The summed E-state index contributed by atoms with van der Waals surface area (Å²) in [5.74, 6) is 0. The first-order valence-electron chi connectivity index (χ1n) is 6.11. The number of anilines is 1. The smallest absolute Gasteiger partial charge is 0.203 e. The van der Waals surface area contributed by atoms with Gasteiger partial charge in [-0.25, -0.2) is 4.98 Å². The van der Waals surface area contributed by atoms with Crippen LogP contribution in [0.3, 0.4) is 0 Å². The number of nitrogen functional groups attached to an aromatic ring is 1. The Morgan fingerprint density at radius 2 is 2.11 bits per heavy atom. The molecule has 0 spiro atoms. The van der Waals surface area contributed by atoms with E-state index in [1.807, 2.05) is 24.5 Å². The minimum atomic E-state index is 0.459. The molecule has 0 aromatic carbocycles. The van der Waals surface area contributed by atoms with E-state index in [1.165, 1.54) is 16.9 Å². The van der Waals surface area contributed by atoms with E-state index in [1.54, 1.807) is 0 Å². The van der Waals surface area contributed by atoms with Crippen molar-refractivity contribution in [3.05, 3.63) is 30.1 Å². The molecular weight excluding hydrogens is 258 g/mol. The quantitative estimate of drug-likeness (QED) is 0.792. The first-order valence-corrected chi connectivity index (χ1v) is 6.92. The standard InChI is InChI=1S/C13H13N5S/c1-2-3-8-6-15-7-9-4-5-10(16-11(8)9)12-17-18-13(14)19-12/h4-7H,2-3H2,1H3,(H2,14,18). The summed E-state index contributed by atoms with van der Waals surface area (Å²) in [6.45, 7) is 2.15. The average molecular weight is 271 g/mol. The van der Waals surface area contributed by atoms with Crippen LogP contribution < -0.4 is 5.73 Å². The van der Waals surface area contributed by atoms with Gasteiger partial charge < -0.3 is 5.73 Å². The summed E-state index contributed by atoms with van der Waals surface area (Å²) in [4.78, 5) is 8.94. The highest BCUT2D eigenvalue weighted by Crippen LogP contribution is 2.26. The second-order valence-corrected chi connectivity index (χ2v) is 5.27. The fourth-order valence-corrected chi connectivity index (χ4v) is 2.59. The van der Waals surface area contributed by atoms with E-state index < -0.39 is 0 Å². The molecule has 3 aromatic heterocycles. The molecule has 0 unspecified atom stereocenters. The molecule has 0 saturated carbocycles. The summed E-state index contributed by atoms with van der Waals surface area (Å²) >= 11 is 1.35. The number of nitrogens with two attached hydrogens (primary N) is 1. The summed E-state index contributed by atoms with van der Waals surface area (Å²) in [6, 6.07) is 3.95. The van der Waals surface area contributed by atoms with Crippen molar-refractivity contribution in [2.75, 3.05) is 5.73 Å². The van der Waals surface area contributed by atoms with Crippen molar-refractivity contribution in [2.45, 2.75) is 19.8 Å². The highest BCUT2D eigenvalue weighted by atomic mass is 32.1. The van der Waals surface area contributed by atoms with Gasteiger partial charge in [-0.1, -0.05) is 24.7 Å². The summed E-state index contributed by atoms with van der Waals surface area (Å²) < 4.78 is 0. The Balaban J connectivity index is 2.16. The Hall–Kier alpha value is -2.08. The molecule has 0 radical (unpaired) electrons. The minimum absolute atomic E-state index is 0.459. The lowest BCUT2D eigenvalue weighted by atomic mass is 10.1. The SMILES string of the molecule is CCCc1cncc2ccc(-c3nnc(N)s3)nc12. The second-order valence-electron chi connectivity index (χ2n) is 4.26. The van der Waals surface area contributed by atoms with Gasteiger partial charge in [0.1, 0.15) is 5.69 Å². The maximum absolute atomic E-state index is 5.61. The minimum Gasteiger partial charge on any atom is -0.374 e. The zero-order valence-corrected chi connectivity index (χ0v) is 11.3. The van der Waals surface area contributed by atoms with E-state index >= 15 is 0 Å². The molecule has 2 N–H and O–H groups in total. The maximum atomic E-state index is 5.61. The van der Waals surface area contributed by atoms with Gasteiger partial charge in [0, 0.05) is 17.8 Å². The van der Waals surface area contributed by atoms with Gasteiger partial charge in [0.15, 0.2) is 5.01 Å². The molecule has 0 bridgehead atoms. The van der Waals surface area contributed by atoms with Gasteiger partial charge in [0.05, 0.1) is 5.52 Å². The number of hydrogen-bond donors (Lipinski definition) is 1. The molecule has 96 valence electrons. The number of hydrogen-bond acceptors (Lipinski definition) is 6. The molecule has 0 amide bonds. The number of aromatic nitrogens is 4. The van der Waals surface area contributed by atoms with Gasteiger partial charge in [-0.05, 0) is 24.1 Å². The molecule has 0 saturated heterocycles. The van der Waals surface area contributed by atoms with Crippen molar-refractivity contribution in [3.8, 4) is 10.7 Å². The van der Waals surface area contributed by atoms with Gasteiger partial charge in [-0.2, -0.15) is 0 Å². The molecule has 0 fully saturated rings. The van der Waals surface area contributed by atoms with Crippen LogP contribution in [0.5, 0.6) is 0 Å². The van der Waals surface area contributed by atoms with E-state index in [4.69, 9.17) is 5.73 Å². The average Bonchev–Trinajstić information content (AvgIpc) is 2.86. The van der Waals surface area contributed by atoms with Crippen molar-refractivity contribution >= 4 is 27.4 Å². The molecule has 0 aliphatic carbocycles. The molecule has 3 heterocycles. The monoisotopic (exact) mass is 271 g/mol. The third kappa shape index (κ3) is 2.26. The van der Waals surface area contributed by atoms with Crippen molar-refractivity contribution in [2.24, 2.45) is 0 Å². The first kappa shape index (κ1) is 12.0. The third-order valence-electron chi connectivity index (χ3n) is 2.85. The van der Waals surface area contributed by atoms with Crippen molar-refractivity contribution in [1.82, 2.24) is 20.2 Å². The number of nitrogens with zero attached hydrogens (tertiary/aromatic N) is 4. The van der Waals surface area contributed by atoms with Crippen molar-refractivity contribution in [3.63, 3.8) is 0 Å². The zero-order chi connectivity index (χ0) is 13.2. The maximum Gasteiger partial charge on any atom is 0.203 e. The van der Waals surface area contributed by atoms with E-state index in [0.717, 1.165) is 34.4 Å². The first-order chi connectivity index (χ1) is 9.28. The van der Waals surface area contributed by atoms with Gasteiger partial charge in [0.25, 0.3) is 0 Å². The Bertz CT molecular complexity index is 722. The lowest BCUT2D eigenvalue weighted by molar-refractivity contribution is 0.919. The van der Waals surface area contributed by atoms with Gasteiger partial charge in [-0.3, -0.25) is 4.98 Å². The van der Waals surface area contributed by atoms with Gasteiger partial charge in [0.2, 0.25) is 5.13 Å². The largest absolute Gasteiger partial charge is 0.374 e. The Morgan fingerprint density at radius 1 is 1.21 bits per heavy atom. The summed E-state index contributed by atoms with van der Waals surface area (Å²) in [5, 5.41) is 10.1. The Morgan fingerprint density at radius 3 is 2.84 bits per heavy atom. The second kappa shape index (κ2) is 4.89. The summed E-state index contributed by atoms with van der Waals surface area (Å²) in [6.07, 6.45) is 5.76. The van der Waals surface area contributed by atoms with Crippen LogP contribution in [0.15, 0.2) is 24.5 Å². The molecule has 0 aliphatic heterocycles. The molecule has 6 heteroatoms. The van der Waals surface area contributed by atoms with E-state index in [9.17, 15) is 0 Å². The lowest BCUT2D eigenvalue weighted by Gasteiger charge is -2.05. The van der Waals surface area contributed by atoms with E-state index in [0.29, 0.717) is 5.13 Å². The van der Waals surface area contributed by atoms with Crippen LogP contribution in [0.2, 0.25) is 0 Å². The van der Waals surface area contributed by atoms with E-state index in [-0.39, 0.29) is 0 Å². The van der Waals surface area contributed by atoms with Crippen LogP contribution in [0.25, 0.3) is 21.6 Å². The normalized spacial score (nSPS) is 11.0. The van der Waals surface area contributed by atoms with Crippen molar-refractivity contribution < 1.29 is 0 Å². The topological polar surface area (TPSA) is 77.6 Å². The molecule has 3 aromatic rings. The highest BCUT2D eigenvalue weighted by Gasteiger charge is 2.09. The van der Waals surface area contributed by atoms with Gasteiger partial charge in [-0.15, -0.1) is 10.2 Å².